The zero-order valence-electron chi connectivity index (χ0n) is 10.3. The molecule has 5 heteroatoms. The molecule has 0 atom stereocenters. The summed E-state index contributed by atoms with van der Waals surface area (Å²) in [7, 11) is 1.63. The summed E-state index contributed by atoms with van der Waals surface area (Å²) in [5.41, 5.74) is 7.13. The Bertz CT molecular complexity index is 590. The number of hydrogen-bond donors (Lipinski definition) is 1. The molecule has 0 amide bonds. The molecule has 0 aliphatic heterocycles. The van der Waals surface area contributed by atoms with Gasteiger partial charge < -0.3 is 15.2 Å². The first-order chi connectivity index (χ1) is 9.10. The zero-order chi connectivity index (χ0) is 13.8. The second kappa shape index (κ2) is 6.17. The number of nitrogen functional groups attached to an aromatic ring is 1. The molecule has 0 saturated heterocycles. The maximum atomic E-state index is 5.94. The van der Waals surface area contributed by atoms with Crippen LogP contribution in [0.15, 0.2) is 40.9 Å². The molecule has 3 nitrogen and oxygen atoms in total. The fourth-order valence-corrected chi connectivity index (χ4v) is 2.20. The Morgan fingerprint density at radius 2 is 2.00 bits per heavy atom. The van der Waals surface area contributed by atoms with E-state index in [-0.39, 0.29) is 0 Å². The van der Waals surface area contributed by atoms with E-state index in [1.165, 1.54) is 0 Å². The van der Waals surface area contributed by atoms with Gasteiger partial charge in [-0.2, -0.15) is 0 Å². The van der Waals surface area contributed by atoms with Crippen molar-refractivity contribution in [2.24, 2.45) is 0 Å². The number of benzene rings is 2. The summed E-state index contributed by atoms with van der Waals surface area (Å²) in [4.78, 5) is 0. The van der Waals surface area contributed by atoms with Gasteiger partial charge in [-0.05, 0) is 30.3 Å². The lowest BCUT2D eigenvalue weighted by Gasteiger charge is -2.11. The van der Waals surface area contributed by atoms with Crippen molar-refractivity contribution in [1.29, 1.82) is 0 Å². The van der Waals surface area contributed by atoms with Crippen molar-refractivity contribution in [3.05, 3.63) is 51.5 Å². The molecule has 0 aliphatic carbocycles. The largest absolute Gasteiger partial charge is 0.496 e. The monoisotopic (exact) mass is 341 g/mol. The van der Waals surface area contributed by atoms with E-state index in [4.69, 9.17) is 26.8 Å². The fourth-order valence-electron chi connectivity index (χ4n) is 1.62. The molecule has 0 radical (unpaired) electrons. The Kier molecular flexibility index (Phi) is 4.56. The molecule has 0 fully saturated rings. The Morgan fingerprint density at radius 3 is 2.68 bits per heavy atom. The van der Waals surface area contributed by atoms with Crippen molar-refractivity contribution in [3.8, 4) is 11.5 Å². The van der Waals surface area contributed by atoms with Gasteiger partial charge >= 0.3 is 0 Å². The number of hydrogen-bond acceptors (Lipinski definition) is 3. The molecule has 0 unspecified atom stereocenters. The highest BCUT2D eigenvalue weighted by Gasteiger charge is 2.06. The predicted octanol–water partition coefficient (Wildman–Crippen LogP) is 4.27. The van der Waals surface area contributed by atoms with Crippen molar-refractivity contribution >= 4 is 33.2 Å². The molecule has 2 N–H and O–H groups in total. The second-order valence-electron chi connectivity index (χ2n) is 3.93. The van der Waals surface area contributed by atoms with Crippen LogP contribution in [0.3, 0.4) is 0 Å². The summed E-state index contributed by atoms with van der Waals surface area (Å²) in [5.74, 6) is 1.45. The summed E-state index contributed by atoms with van der Waals surface area (Å²) in [6.45, 7) is 0.392. The zero-order valence-corrected chi connectivity index (χ0v) is 12.7. The number of halogens is 2. The topological polar surface area (TPSA) is 44.5 Å². The first-order valence-electron chi connectivity index (χ1n) is 5.60. The van der Waals surface area contributed by atoms with Gasteiger partial charge in [-0.25, -0.2) is 0 Å². The Labute approximate surface area is 125 Å². The lowest BCUT2D eigenvalue weighted by molar-refractivity contribution is 0.296. The van der Waals surface area contributed by atoms with Crippen molar-refractivity contribution in [2.75, 3.05) is 12.8 Å². The van der Waals surface area contributed by atoms with E-state index in [0.29, 0.717) is 23.1 Å². The molecule has 2 rings (SSSR count). The van der Waals surface area contributed by atoms with Crippen LogP contribution in [0.5, 0.6) is 11.5 Å². The van der Waals surface area contributed by atoms with Crippen LogP contribution in [-0.4, -0.2) is 7.11 Å². The van der Waals surface area contributed by atoms with Crippen molar-refractivity contribution < 1.29 is 9.47 Å². The first kappa shape index (κ1) is 14.0. The quantitative estimate of drug-likeness (QED) is 0.844. The van der Waals surface area contributed by atoms with Crippen LogP contribution in [0.1, 0.15) is 5.56 Å². The molecule has 19 heavy (non-hydrogen) atoms. The van der Waals surface area contributed by atoms with E-state index in [0.717, 1.165) is 15.8 Å². The van der Waals surface area contributed by atoms with Gasteiger partial charge in [0.25, 0.3) is 0 Å². The maximum Gasteiger partial charge on any atom is 0.125 e. The number of nitrogens with two attached hydrogens (primary N) is 1. The standard InChI is InChI=1S/C14H13BrClNO2/c1-18-14-5-2-10(15)6-9(14)8-19-11-3-4-13(17)12(16)7-11/h2-7H,8,17H2,1H3. The Morgan fingerprint density at radius 1 is 1.21 bits per heavy atom. The lowest BCUT2D eigenvalue weighted by atomic mass is 10.2. The molecule has 2 aromatic rings. The van der Waals surface area contributed by atoms with Crippen LogP contribution in [-0.2, 0) is 6.61 Å². The van der Waals surface area contributed by atoms with Crippen LogP contribution in [0.2, 0.25) is 5.02 Å². The van der Waals surface area contributed by atoms with E-state index in [9.17, 15) is 0 Å². The minimum Gasteiger partial charge on any atom is -0.496 e. The molecular formula is C14H13BrClNO2. The Balaban J connectivity index is 2.13. The number of anilines is 1. The number of rotatable bonds is 4. The third-order valence-electron chi connectivity index (χ3n) is 2.61. The van der Waals surface area contributed by atoms with Crippen LogP contribution in [0.25, 0.3) is 0 Å². The molecule has 100 valence electrons. The summed E-state index contributed by atoms with van der Waals surface area (Å²) in [5, 5.41) is 0.485. The molecule has 0 bridgehead atoms. The molecule has 0 heterocycles. The highest BCUT2D eigenvalue weighted by Crippen LogP contribution is 2.27. The van der Waals surface area contributed by atoms with Crippen molar-refractivity contribution in [2.45, 2.75) is 6.61 Å². The molecule has 0 saturated carbocycles. The van der Waals surface area contributed by atoms with Crippen molar-refractivity contribution in [1.82, 2.24) is 0 Å². The minimum atomic E-state index is 0.392. The molecule has 2 aromatic carbocycles. The number of ether oxygens (including phenoxy) is 2. The minimum absolute atomic E-state index is 0.392. The van der Waals surface area contributed by atoms with Crippen LogP contribution >= 0.6 is 27.5 Å². The van der Waals surface area contributed by atoms with Gasteiger partial charge in [0.1, 0.15) is 18.1 Å². The van der Waals surface area contributed by atoms with Crippen LogP contribution < -0.4 is 15.2 Å². The van der Waals surface area contributed by atoms with Crippen LogP contribution in [0, 0.1) is 0 Å². The first-order valence-corrected chi connectivity index (χ1v) is 6.77. The van der Waals surface area contributed by atoms with Crippen LogP contribution in [0.4, 0.5) is 5.69 Å². The van der Waals surface area contributed by atoms with E-state index in [1.54, 1.807) is 25.3 Å². The van der Waals surface area contributed by atoms with E-state index in [1.807, 2.05) is 18.2 Å². The number of methoxy groups -OCH3 is 1. The smallest absolute Gasteiger partial charge is 0.125 e. The fraction of sp³-hybridized carbons (Fsp3) is 0.143. The third kappa shape index (κ3) is 3.55. The summed E-state index contributed by atoms with van der Waals surface area (Å²) < 4.78 is 11.9. The average molecular weight is 343 g/mol. The highest BCUT2D eigenvalue weighted by atomic mass is 79.9. The van der Waals surface area contributed by atoms with Gasteiger partial charge in [0.15, 0.2) is 0 Å². The molecule has 0 spiro atoms. The van der Waals surface area contributed by atoms with E-state index < -0.39 is 0 Å². The van der Waals surface area contributed by atoms with Gasteiger partial charge in [0.05, 0.1) is 17.8 Å². The summed E-state index contributed by atoms with van der Waals surface area (Å²) in [6, 6.07) is 11.0. The third-order valence-corrected chi connectivity index (χ3v) is 3.43. The highest BCUT2D eigenvalue weighted by molar-refractivity contribution is 9.10. The summed E-state index contributed by atoms with van der Waals surface area (Å²) >= 11 is 9.37. The maximum absolute atomic E-state index is 5.94. The predicted molar refractivity (Wildman–Crippen MR) is 80.9 cm³/mol. The summed E-state index contributed by atoms with van der Waals surface area (Å²) in [6.07, 6.45) is 0. The Hall–Kier alpha value is -1.39. The van der Waals surface area contributed by atoms with Crippen molar-refractivity contribution in [3.63, 3.8) is 0 Å². The SMILES string of the molecule is COc1ccc(Br)cc1COc1ccc(N)c(Cl)c1. The molecule has 0 aliphatic rings. The molecular weight excluding hydrogens is 330 g/mol. The van der Waals surface area contributed by atoms with Gasteiger partial charge in [-0.15, -0.1) is 0 Å². The normalized spacial score (nSPS) is 10.3. The second-order valence-corrected chi connectivity index (χ2v) is 5.25. The lowest BCUT2D eigenvalue weighted by Crippen LogP contribution is -1.99. The van der Waals surface area contributed by atoms with E-state index >= 15 is 0 Å². The van der Waals surface area contributed by atoms with Gasteiger partial charge in [-0.3, -0.25) is 0 Å². The van der Waals surface area contributed by atoms with Gasteiger partial charge in [-0.1, -0.05) is 27.5 Å². The van der Waals surface area contributed by atoms with Gasteiger partial charge in [0, 0.05) is 16.1 Å². The average Bonchev–Trinajstić information content (AvgIpc) is 2.40. The van der Waals surface area contributed by atoms with E-state index in [2.05, 4.69) is 15.9 Å². The van der Waals surface area contributed by atoms with Gasteiger partial charge in [0.2, 0.25) is 0 Å². The molecule has 0 aromatic heterocycles.